The molecule has 0 amide bonds. The van der Waals surface area contributed by atoms with Crippen LogP contribution in [-0.2, 0) is 5.41 Å². The second kappa shape index (κ2) is 3.50. The highest BCUT2D eigenvalue weighted by Crippen LogP contribution is 2.24. The molecule has 1 aromatic rings. The summed E-state index contributed by atoms with van der Waals surface area (Å²) in [4.78, 5) is 2.72. The third-order valence-electron chi connectivity index (χ3n) is 1.89. The van der Waals surface area contributed by atoms with Gasteiger partial charge in [-0.1, -0.05) is 50.2 Å². The smallest absolute Gasteiger partial charge is 0.0375 e. The Labute approximate surface area is 78.0 Å². The number of hydrogen-bond donors (Lipinski definition) is 0. The second-order valence-corrected chi connectivity index (χ2v) is 3.99. The fraction of sp³-hybridized carbons (Fsp3) is 0.400. The van der Waals surface area contributed by atoms with Gasteiger partial charge in [-0.05, 0) is 16.5 Å². The van der Waals surface area contributed by atoms with E-state index in [-0.39, 0.29) is 5.41 Å². The van der Waals surface area contributed by atoms with E-state index in [1.165, 1.54) is 5.56 Å². The van der Waals surface area contributed by atoms with Gasteiger partial charge in [-0.15, -0.1) is 0 Å². The molecule has 0 N–H and O–H groups in total. The third kappa shape index (κ3) is 2.49. The first kappa shape index (κ1) is 9.62. The van der Waals surface area contributed by atoms with E-state index in [2.05, 4.69) is 30.8 Å². The van der Waals surface area contributed by atoms with Gasteiger partial charge in [-0.2, -0.15) is 0 Å². The van der Waals surface area contributed by atoms with Gasteiger partial charge in [0, 0.05) is 10.6 Å². The monoisotopic (exact) mass is 175 g/mol. The molecule has 3 nitrogen and oxygen atoms in total. The molecule has 0 aromatic heterocycles. The van der Waals surface area contributed by atoms with Crippen molar-refractivity contribution in [3.8, 4) is 0 Å². The van der Waals surface area contributed by atoms with Gasteiger partial charge in [0.2, 0.25) is 0 Å². The molecule has 0 aliphatic carbocycles. The topological polar surface area (TPSA) is 48.8 Å². The molecule has 0 radical (unpaired) electrons. The number of nitrogens with zero attached hydrogens (tertiary/aromatic N) is 3. The molecule has 0 heterocycles. The van der Waals surface area contributed by atoms with Crippen LogP contribution in [0.5, 0.6) is 0 Å². The van der Waals surface area contributed by atoms with Crippen molar-refractivity contribution in [1.29, 1.82) is 0 Å². The normalized spacial score (nSPS) is 10.7. The molecule has 0 saturated carbocycles. The summed E-state index contributed by atoms with van der Waals surface area (Å²) in [5, 5.41) is 3.51. The Kier molecular flexibility index (Phi) is 2.59. The van der Waals surface area contributed by atoms with Gasteiger partial charge in [0.15, 0.2) is 0 Å². The van der Waals surface area contributed by atoms with Gasteiger partial charge < -0.3 is 0 Å². The Bertz CT molecular complexity index is 326. The Morgan fingerprint density at radius 3 is 2.08 bits per heavy atom. The van der Waals surface area contributed by atoms with E-state index >= 15 is 0 Å². The number of benzene rings is 1. The molecule has 1 aromatic carbocycles. The van der Waals surface area contributed by atoms with Crippen LogP contribution in [-0.4, -0.2) is 0 Å². The zero-order valence-electron chi connectivity index (χ0n) is 8.15. The quantitative estimate of drug-likeness (QED) is 0.353. The van der Waals surface area contributed by atoms with Crippen molar-refractivity contribution in [2.45, 2.75) is 26.2 Å². The van der Waals surface area contributed by atoms with Gasteiger partial charge >= 0.3 is 0 Å². The molecule has 0 aliphatic rings. The minimum absolute atomic E-state index is 0.148. The zero-order chi connectivity index (χ0) is 9.90. The van der Waals surface area contributed by atoms with E-state index in [4.69, 9.17) is 5.53 Å². The van der Waals surface area contributed by atoms with E-state index in [0.717, 1.165) is 0 Å². The molecular formula is C10H13N3. The predicted octanol–water partition coefficient (Wildman–Crippen LogP) is 3.93. The second-order valence-electron chi connectivity index (χ2n) is 3.99. The van der Waals surface area contributed by atoms with Crippen molar-refractivity contribution in [2.75, 3.05) is 0 Å². The lowest BCUT2D eigenvalue weighted by Crippen LogP contribution is -2.10. The molecule has 13 heavy (non-hydrogen) atoms. The lowest BCUT2D eigenvalue weighted by atomic mass is 9.87. The van der Waals surface area contributed by atoms with Crippen LogP contribution in [0, 0.1) is 0 Å². The molecular weight excluding hydrogens is 162 g/mol. The predicted molar refractivity (Wildman–Crippen MR) is 53.9 cm³/mol. The minimum atomic E-state index is 0.148. The molecule has 0 unspecified atom stereocenters. The summed E-state index contributed by atoms with van der Waals surface area (Å²) in [6, 6.07) is 7.65. The molecule has 68 valence electrons. The highest BCUT2D eigenvalue weighted by molar-refractivity contribution is 5.40. The summed E-state index contributed by atoms with van der Waals surface area (Å²) in [5.41, 5.74) is 10.3. The van der Waals surface area contributed by atoms with E-state index in [1.807, 2.05) is 24.3 Å². The van der Waals surface area contributed by atoms with Crippen LogP contribution in [0.2, 0.25) is 0 Å². The molecule has 0 bridgehead atoms. The van der Waals surface area contributed by atoms with Crippen LogP contribution >= 0.6 is 0 Å². The number of hydrogen-bond acceptors (Lipinski definition) is 1. The van der Waals surface area contributed by atoms with Gasteiger partial charge in [0.05, 0.1) is 0 Å². The zero-order valence-corrected chi connectivity index (χ0v) is 8.15. The summed E-state index contributed by atoms with van der Waals surface area (Å²) in [6.45, 7) is 6.45. The molecule has 3 heteroatoms. The molecule has 0 spiro atoms. The van der Waals surface area contributed by atoms with Crippen LogP contribution in [0.15, 0.2) is 29.4 Å². The van der Waals surface area contributed by atoms with Gasteiger partial charge in [0.1, 0.15) is 0 Å². The van der Waals surface area contributed by atoms with E-state index < -0.39 is 0 Å². The lowest BCUT2D eigenvalue weighted by molar-refractivity contribution is 0.590. The number of rotatable bonds is 1. The molecule has 0 aliphatic heterocycles. The van der Waals surface area contributed by atoms with Crippen LogP contribution in [0.1, 0.15) is 26.3 Å². The number of azide groups is 1. The largest absolute Gasteiger partial charge is 0.0608 e. The Morgan fingerprint density at radius 1 is 1.15 bits per heavy atom. The van der Waals surface area contributed by atoms with E-state index in [1.54, 1.807) is 0 Å². The summed E-state index contributed by atoms with van der Waals surface area (Å²) in [5.74, 6) is 0. The first-order valence-corrected chi connectivity index (χ1v) is 4.19. The Hall–Kier alpha value is -1.47. The maximum Gasteiger partial charge on any atom is 0.0375 e. The molecule has 0 atom stereocenters. The van der Waals surface area contributed by atoms with Crippen molar-refractivity contribution in [3.05, 3.63) is 40.3 Å². The van der Waals surface area contributed by atoms with Crippen molar-refractivity contribution >= 4 is 5.69 Å². The van der Waals surface area contributed by atoms with Crippen LogP contribution in [0.4, 0.5) is 5.69 Å². The maximum atomic E-state index is 8.21. The van der Waals surface area contributed by atoms with Crippen LogP contribution in [0.3, 0.4) is 0 Å². The highest BCUT2D eigenvalue weighted by atomic mass is 15.1. The van der Waals surface area contributed by atoms with E-state index in [0.29, 0.717) is 5.69 Å². The first-order valence-electron chi connectivity index (χ1n) is 4.19. The summed E-state index contributed by atoms with van der Waals surface area (Å²) in [6.07, 6.45) is 0. The highest BCUT2D eigenvalue weighted by Gasteiger charge is 2.12. The fourth-order valence-electron chi connectivity index (χ4n) is 1.08. The summed E-state index contributed by atoms with van der Waals surface area (Å²) < 4.78 is 0. The van der Waals surface area contributed by atoms with Crippen molar-refractivity contribution in [3.63, 3.8) is 0 Å². The first-order chi connectivity index (χ1) is 6.04. The van der Waals surface area contributed by atoms with Crippen molar-refractivity contribution in [2.24, 2.45) is 5.11 Å². The Balaban J connectivity index is 3.00. The standard InChI is InChI=1S/C10H13N3/c1-10(2,3)8-4-6-9(7-5-8)12-13-11/h4-7H,1-3H3. The van der Waals surface area contributed by atoms with Gasteiger partial charge in [-0.3, -0.25) is 0 Å². The molecule has 1 rings (SSSR count). The molecule has 0 saturated heterocycles. The van der Waals surface area contributed by atoms with E-state index in [9.17, 15) is 0 Å². The summed E-state index contributed by atoms with van der Waals surface area (Å²) >= 11 is 0. The summed E-state index contributed by atoms with van der Waals surface area (Å²) in [7, 11) is 0. The SMILES string of the molecule is CC(C)(C)c1ccc(N=[N+]=[N-])cc1. The van der Waals surface area contributed by atoms with Crippen LogP contribution in [0.25, 0.3) is 10.4 Å². The average Bonchev–Trinajstić information content (AvgIpc) is 2.04. The lowest BCUT2D eigenvalue weighted by Gasteiger charge is -2.18. The molecule has 0 fully saturated rings. The third-order valence-corrected chi connectivity index (χ3v) is 1.89. The van der Waals surface area contributed by atoms with Crippen molar-refractivity contribution in [1.82, 2.24) is 0 Å². The van der Waals surface area contributed by atoms with Gasteiger partial charge in [0.25, 0.3) is 0 Å². The Morgan fingerprint density at radius 2 is 1.69 bits per heavy atom. The minimum Gasteiger partial charge on any atom is -0.0608 e. The average molecular weight is 175 g/mol. The van der Waals surface area contributed by atoms with Crippen molar-refractivity contribution < 1.29 is 0 Å². The maximum absolute atomic E-state index is 8.21. The van der Waals surface area contributed by atoms with Gasteiger partial charge in [-0.25, -0.2) is 0 Å². The fourth-order valence-corrected chi connectivity index (χ4v) is 1.08. The van der Waals surface area contributed by atoms with Crippen LogP contribution < -0.4 is 0 Å².